The van der Waals surface area contributed by atoms with Gasteiger partial charge in [-0.1, -0.05) is 38.1 Å². The third kappa shape index (κ3) is 11.6. The van der Waals surface area contributed by atoms with Crippen LogP contribution >= 0.6 is 0 Å². The fourth-order valence-corrected chi connectivity index (χ4v) is 13.2. The van der Waals surface area contributed by atoms with E-state index >= 15 is 4.39 Å². The smallest absolute Gasteiger partial charge is 0.293 e. The third-order valence-corrected chi connectivity index (χ3v) is 18.0. The molecule has 1 unspecified atom stereocenters. The number of anilines is 2. The second kappa shape index (κ2) is 21.9. The number of halogens is 1. The van der Waals surface area contributed by atoms with Gasteiger partial charge in [-0.05, 0) is 141 Å². The number of piperazine rings is 1. The molecule has 77 heavy (non-hydrogen) atoms. The van der Waals surface area contributed by atoms with E-state index in [2.05, 4.69) is 72.8 Å². The minimum Gasteiger partial charge on any atom is -0.493 e. The summed E-state index contributed by atoms with van der Waals surface area (Å²) in [4.78, 5) is 40.2. The topological polar surface area (TPSA) is 205 Å². The van der Waals surface area contributed by atoms with Gasteiger partial charge in [-0.25, -0.2) is 22.5 Å². The fraction of sp³-hybridized carbons (Fsp3) is 0.448. The molecule has 4 heterocycles. The number of aliphatic hydroxyl groups is 1. The van der Waals surface area contributed by atoms with Gasteiger partial charge in [-0.3, -0.25) is 24.7 Å². The first kappa shape index (κ1) is 53.6. The molecule has 4 fully saturated rings. The molecule has 19 heteroatoms. The molecule has 17 nitrogen and oxygen atoms in total. The molecule has 6 aromatic rings. The standard InChI is InChI=1S/C58H69FN8O9S/c1-37(2)45-8-6-7-9-46(45)51-36-64(35-39-26-48(59)54(75-5)53(27-39)74-4)24-25-66(51)42-31-58(32-42)19-22-65(23-20-58)41-10-12-47(52(29-41)76-43-28-40-16-21-60-55(40)62-34-43)56(68)63-77(72,73)44-11-13-49(50(30-44)67(70)71)61-33-38-14-17-57(3,69)18-15-38/h6-13,16,21,26-30,34,37-38,42,51,61,69H,14-15,17-20,22-25,31-33,35-36H2,1-5H3,(H,60,62)(H,63,68). The van der Waals surface area contributed by atoms with Crippen LogP contribution in [0.3, 0.4) is 0 Å². The Labute approximate surface area is 449 Å². The maximum Gasteiger partial charge on any atom is 0.293 e. The Morgan fingerprint density at radius 1 is 0.948 bits per heavy atom. The second-order valence-corrected chi connectivity index (χ2v) is 23.9. The molecule has 1 atom stereocenters. The van der Waals surface area contributed by atoms with Crippen molar-refractivity contribution >= 4 is 44.0 Å². The second-order valence-electron chi connectivity index (χ2n) is 22.2. The zero-order valence-electron chi connectivity index (χ0n) is 44.4. The Kier molecular flexibility index (Phi) is 15.3. The molecular formula is C58H69FN8O9S. The van der Waals surface area contributed by atoms with Crippen molar-refractivity contribution in [3.05, 3.63) is 136 Å². The largest absolute Gasteiger partial charge is 0.493 e. The predicted octanol–water partition coefficient (Wildman–Crippen LogP) is 10.3. The Bertz CT molecular complexity index is 3250. The van der Waals surface area contributed by atoms with Crippen molar-refractivity contribution in [3.8, 4) is 23.0 Å². The quantitative estimate of drug-likeness (QED) is 0.0496. The molecule has 4 aromatic carbocycles. The van der Waals surface area contributed by atoms with Crippen LogP contribution in [0.1, 0.15) is 111 Å². The summed E-state index contributed by atoms with van der Waals surface area (Å²) < 4.78 is 62.2. The van der Waals surface area contributed by atoms with Gasteiger partial charge in [0.1, 0.15) is 22.8 Å². The van der Waals surface area contributed by atoms with Crippen molar-refractivity contribution in [3.63, 3.8) is 0 Å². The van der Waals surface area contributed by atoms with Gasteiger partial charge in [0.05, 0.1) is 41.4 Å². The van der Waals surface area contributed by atoms with E-state index in [1.165, 1.54) is 43.7 Å². The summed E-state index contributed by atoms with van der Waals surface area (Å²) >= 11 is 0. The number of ether oxygens (including phenoxy) is 3. The van der Waals surface area contributed by atoms with Crippen LogP contribution in [-0.2, 0) is 16.6 Å². The monoisotopic (exact) mass is 1070 g/mol. The van der Waals surface area contributed by atoms with E-state index in [0.29, 0.717) is 55.0 Å². The lowest BCUT2D eigenvalue weighted by molar-refractivity contribution is -0.384. The lowest BCUT2D eigenvalue weighted by Crippen LogP contribution is -2.60. The molecule has 2 saturated heterocycles. The van der Waals surface area contributed by atoms with E-state index in [0.717, 1.165) is 94.0 Å². The van der Waals surface area contributed by atoms with Crippen molar-refractivity contribution in [1.82, 2.24) is 24.5 Å². The maximum absolute atomic E-state index is 15.1. The molecular weight excluding hydrogens is 1000 g/mol. The summed E-state index contributed by atoms with van der Waals surface area (Å²) in [6.07, 6.45) is 10.1. The van der Waals surface area contributed by atoms with Gasteiger partial charge in [0, 0.05) is 87.3 Å². The summed E-state index contributed by atoms with van der Waals surface area (Å²) in [6, 6.07) is 25.0. The number of nitro benzene ring substituents is 1. The Hall–Kier alpha value is -6.80. The number of fused-ring (bicyclic) bond motifs is 1. The number of nitrogens with one attached hydrogen (secondary N) is 3. The first-order chi connectivity index (χ1) is 36.9. The van der Waals surface area contributed by atoms with Gasteiger partial charge >= 0.3 is 0 Å². The number of methoxy groups -OCH3 is 2. The van der Waals surface area contributed by atoms with Crippen LogP contribution in [0.25, 0.3) is 11.0 Å². The number of carbonyl (C=O) groups is 1. The van der Waals surface area contributed by atoms with E-state index in [-0.39, 0.29) is 40.1 Å². The van der Waals surface area contributed by atoms with E-state index in [4.69, 9.17) is 14.2 Å². The minimum atomic E-state index is -4.61. The number of hydrogen-bond donors (Lipinski definition) is 4. The van der Waals surface area contributed by atoms with Gasteiger partial charge in [-0.15, -0.1) is 0 Å². The number of piperidine rings is 1. The molecule has 1 amide bonds. The number of aromatic nitrogens is 2. The van der Waals surface area contributed by atoms with Crippen LogP contribution in [0.4, 0.5) is 21.5 Å². The van der Waals surface area contributed by atoms with Crippen molar-refractivity contribution < 1.29 is 41.8 Å². The third-order valence-electron chi connectivity index (χ3n) is 16.7. The fourth-order valence-electron chi connectivity index (χ4n) is 12.2. The number of pyridine rings is 1. The number of nitrogens with zero attached hydrogens (tertiary/aromatic N) is 5. The molecule has 2 saturated carbocycles. The molecule has 408 valence electrons. The minimum absolute atomic E-state index is 0.0503. The highest BCUT2D eigenvalue weighted by molar-refractivity contribution is 7.90. The number of rotatable bonds is 17. The average Bonchev–Trinajstić information content (AvgIpc) is 3.90. The molecule has 2 aliphatic heterocycles. The first-order valence-electron chi connectivity index (χ1n) is 26.7. The van der Waals surface area contributed by atoms with Crippen LogP contribution in [0.15, 0.2) is 102 Å². The van der Waals surface area contributed by atoms with Crippen LogP contribution in [0.2, 0.25) is 0 Å². The summed E-state index contributed by atoms with van der Waals surface area (Å²) in [6.45, 7) is 11.4. The Morgan fingerprint density at radius 2 is 1.71 bits per heavy atom. The molecule has 1 spiro atoms. The highest BCUT2D eigenvalue weighted by Crippen LogP contribution is 2.53. The molecule has 4 aliphatic rings. The average molecular weight is 1070 g/mol. The van der Waals surface area contributed by atoms with E-state index in [1.807, 2.05) is 12.1 Å². The van der Waals surface area contributed by atoms with Gasteiger partial charge in [0.25, 0.3) is 21.6 Å². The number of sulfonamides is 1. The highest BCUT2D eigenvalue weighted by atomic mass is 32.2. The van der Waals surface area contributed by atoms with Gasteiger partial charge in [0.2, 0.25) is 0 Å². The maximum atomic E-state index is 15.1. The van der Waals surface area contributed by atoms with Gasteiger partial charge < -0.3 is 34.5 Å². The molecule has 0 radical (unpaired) electrons. The lowest BCUT2D eigenvalue weighted by Gasteiger charge is -2.58. The molecule has 10 rings (SSSR count). The van der Waals surface area contributed by atoms with E-state index in [1.54, 1.807) is 43.5 Å². The van der Waals surface area contributed by atoms with E-state index in [9.17, 15) is 28.4 Å². The molecule has 0 bridgehead atoms. The number of hydrogen-bond acceptors (Lipinski definition) is 14. The molecule has 2 aliphatic carbocycles. The normalized spacial score (nSPS) is 21.2. The zero-order chi connectivity index (χ0) is 54.2. The lowest BCUT2D eigenvalue weighted by atomic mass is 9.59. The number of carbonyl (C=O) groups excluding carboxylic acids is 1. The van der Waals surface area contributed by atoms with E-state index < -0.39 is 42.9 Å². The highest BCUT2D eigenvalue weighted by Gasteiger charge is 2.50. The molecule has 2 aromatic heterocycles. The van der Waals surface area contributed by atoms with Gasteiger partial charge in [-0.2, -0.15) is 0 Å². The van der Waals surface area contributed by atoms with Crippen LogP contribution in [0, 0.1) is 27.3 Å². The summed E-state index contributed by atoms with van der Waals surface area (Å²) in [7, 11) is -1.64. The zero-order valence-corrected chi connectivity index (χ0v) is 45.2. The van der Waals surface area contributed by atoms with Crippen molar-refractivity contribution in [1.29, 1.82) is 0 Å². The summed E-state index contributed by atoms with van der Waals surface area (Å²) in [5.41, 5.74) is 4.09. The van der Waals surface area contributed by atoms with Crippen LogP contribution in [0.5, 0.6) is 23.0 Å². The summed E-state index contributed by atoms with van der Waals surface area (Å²) in [5.74, 6) is 0.0727. The SMILES string of the molecule is COc1cc(CN2CCN(C3CC4(CCN(c5ccc(C(=O)NS(=O)(=O)c6ccc(NCC7CCC(C)(O)CC7)c([N+](=O)[O-])c6)c(Oc6cnc7[nH]ccc7c6)c5)CC4)C3)C(c3ccccc3C(C)C)C2)cc(F)c1OC. The van der Waals surface area contributed by atoms with Crippen molar-refractivity contribution in [2.24, 2.45) is 11.3 Å². The number of benzene rings is 4. The predicted molar refractivity (Wildman–Crippen MR) is 293 cm³/mol. The molecule has 4 N–H and O–H groups in total. The number of amides is 1. The van der Waals surface area contributed by atoms with Gasteiger partial charge in [0.15, 0.2) is 17.3 Å². The van der Waals surface area contributed by atoms with Crippen molar-refractivity contribution in [2.45, 2.75) is 107 Å². The number of nitro groups is 1. The number of aromatic amines is 1. The first-order valence-corrected chi connectivity index (χ1v) is 28.2. The Balaban J connectivity index is 0.832. The number of H-pyrrole nitrogens is 1. The van der Waals surface area contributed by atoms with Crippen LogP contribution in [-0.4, -0.2) is 109 Å². The summed E-state index contributed by atoms with van der Waals surface area (Å²) in [5, 5.41) is 26.5. The van der Waals surface area contributed by atoms with Crippen molar-refractivity contribution in [2.75, 3.05) is 63.7 Å². The Morgan fingerprint density at radius 3 is 2.44 bits per heavy atom. The van der Waals surface area contributed by atoms with Crippen LogP contribution < -0.4 is 29.1 Å².